The van der Waals surface area contributed by atoms with Gasteiger partial charge < -0.3 is 9.72 Å². The van der Waals surface area contributed by atoms with Crippen molar-refractivity contribution in [2.24, 2.45) is 0 Å². The fourth-order valence-corrected chi connectivity index (χ4v) is 4.47. The molecule has 4 rings (SSSR count). The van der Waals surface area contributed by atoms with Crippen LogP contribution >= 0.6 is 27.3 Å². The maximum atomic E-state index is 12.1. The van der Waals surface area contributed by atoms with Crippen LogP contribution < -0.4 is 5.32 Å². The smallest absolute Gasteiger partial charge is 0.323 e. The number of hydrogen-bond donors (Lipinski definition) is 2. The first-order valence-corrected chi connectivity index (χ1v) is 9.02. The Balaban J connectivity index is 1.87. The van der Waals surface area contributed by atoms with E-state index in [0.717, 1.165) is 20.6 Å². The number of benzene rings is 1. The van der Waals surface area contributed by atoms with Crippen LogP contribution in [0.5, 0.6) is 0 Å². The summed E-state index contributed by atoms with van der Waals surface area (Å²) in [6.07, 6.45) is 0.633. The standard InChI is InChI=1S/C17H15BrN2O2S/c1-22-17(21)13-7-11-10-4-2-3-5-12(10)19-16(11)15(20-13)9-6-14(18)23-8-9/h2-6,8,13,15,19-20H,7H2,1H3. The summed E-state index contributed by atoms with van der Waals surface area (Å²) < 4.78 is 6.04. The first kappa shape index (κ1) is 14.9. The number of hydrogen-bond acceptors (Lipinski definition) is 4. The van der Waals surface area contributed by atoms with Crippen molar-refractivity contribution in [1.82, 2.24) is 10.3 Å². The van der Waals surface area contributed by atoms with Gasteiger partial charge in [0.25, 0.3) is 0 Å². The fraction of sp³-hybridized carbons (Fsp3) is 0.235. The molecule has 0 fully saturated rings. The molecule has 1 aliphatic rings. The maximum Gasteiger partial charge on any atom is 0.323 e. The number of esters is 1. The zero-order chi connectivity index (χ0) is 16.0. The van der Waals surface area contributed by atoms with Gasteiger partial charge in [-0.3, -0.25) is 10.1 Å². The molecule has 0 bridgehead atoms. The average molecular weight is 391 g/mol. The molecule has 1 aromatic carbocycles. The van der Waals surface area contributed by atoms with Crippen LogP contribution in [0.2, 0.25) is 0 Å². The highest BCUT2D eigenvalue weighted by Crippen LogP contribution is 2.37. The van der Waals surface area contributed by atoms with E-state index < -0.39 is 0 Å². The molecule has 1 aliphatic heterocycles. The number of para-hydroxylation sites is 1. The molecule has 2 N–H and O–H groups in total. The van der Waals surface area contributed by atoms with E-state index in [2.05, 4.69) is 49.8 Å². The molecule has 0 amide bonds. The number of carbonyl (C=O) groups is 1. The summed E-state index contributed by atoms with van der Waals surface area (Å²) in [6.45, 7) is 0. The lowest BCUT2D eigenvalue weighted by molar-refractivity contribution is -0.143. The number of fused-ring (bicyclic) bond motifs is 3. The van der Waals surface area contributed by atoms with E-state index in [1.807, 2.05) is 12.1 Å². The molecule has 118 valence electrons. The number of methoxy groups -OCH3 is 1. The summed E-state index contributed by atoms with van der Waals surface area (Å²) in [5, 5.41) is 6.72. The SMILES string of the molecule is COC(=O)C1Cc2c([nH]c3ccccc23)C(c2csc(Br)c2)N1. The van der Waals surface area contributed by atoms with Crippen molar-refractivity contribution in [3.05, 3.63) is 56.3 Å². The van der Waals surface area contributed by atoms with E-state index in [0.29, 0.717) is 6.42 Å². The van der Waals surface area contributed by atoms with Gasteiger partial charge in [0.2, 0.25) is 0 Å². The van der Waals surface area contributed by atoms with Crippen molar-refractivity contribution < 1.29 is 9.53 Å². The molecule has 0 saturated carbocycles. The third-order valence-corrected chi connectivity index (χ3v) is 5.84. The quantitative estimate of drug-likeness (QED) is 0.654. The monoisotopic (exact) mass is 390 g/mol. The molecule has 4 nitrogen and oxygen atoms in total. The summed E-state index contributed by atoms with van der Waals surface area (Å²) in [5.74, 6) is -0.222. The lowest BCUT2D eigenvalue weighted by Crippen LogP contribution is -2.45. The predicted octanol–water partition coefficient (Wildman–Crippen LogP) is 3.77. The lowest BCUT2D eigenvalue weighted by Gasteiger charge is -2.29. The number of halogens is 1. The second-order valence-corrected chi connectivity index (χ2v) is 7.92. The molecule has 6 heteroatoms. The molecule has 2 atom stereocenters. The second kappa shape index (κ2) is 5.78. The van der Waals surface area contributed by atoms with Gasteiger partial charge in [-0.25, -0.2) is 0 Å². The van der Waals surface area contributed by atoms with Gasteiger partial charge >= 0.3 is 5.97 Å². The first-order chi connectivity index (χ1) is 11.2. The molecule has 0 saturated heterocycles. The number of thiophene rings is 1. The van der Waals surface area contributed by atoms with Crippen LogP contribution in [0, 0.1) is 0 Å². The maximum absolute atomic E-state index is 12.1. The predicted molar refractivity (Wildman–Crippen MR) is 94.8 cm³/mol. The van der Waals surface area contributed by atoms with Gasteiger partial charge in [0, 0.05) is 23.0 Å². The molecule has 0 spiro atoms. The van der Waals surface area contributed by atoms with E-state index in [-0.39, 0.29) is 18.1 Å². The lowest BCUT2D eigenvalue weighted by atomic mass is 9.91. The van der Waals surface area contributed by atoms with E-state index in [1.54, 1.807) is 11.3 Å². The summed E-state index contributed by atoms with van der Waals surface area (Å²) in [5.41, 5.74) is 4.58. The van der Waals surface area contributed by atoms with E-state index in [9.17, 15) is 4.79 Å². The Morgan fingerprint density at radius 2 is 2.22 bits per heavy atom. The summed E-state index contributed by atoms with van der Waals surface area (Å²) in [4.78, 5) is 15.6. The van der Waals surface area contributed by atoms with E-state index in [1.165, 1.54) is 18.1 Å². The second-order valence-electron chi connectivity index (χ2n) is 5.63. The average Bonchev–Trinajstić information content (AvgIpc) is 3.16. The molecule has 2 unspecified atom stereocenters. The Morgan fingerprint density at radius 3 is 2.96 bits per heavy atom. The van der Waals surface area contributed by atoms with E-state index >= 15 is 0 Å². The Labute approximate surface area is 146 Å². The summed E-state index contributed by atoms with van der Waals surface area (Å²) in [7, 11) is 1.44. The third-order valence-electron chi connectivity index (χ3n) is 4.32. The first-order valence-electron chi connectivity index (χ1n) is 7.34. The third kappa shape index (κ3) is 2.51. The van der Waals surface area contributed by atoms with Gasteiger partial charge in [-0.1, -0.05) is 18.2 Å². The van der Waals surface area contributed by atoms with Crippen LogP contribution in [0.3, 0.4) is 0 Å². The number of H-pyrrole nitrogens is 1. The van der Waals surface area contributed by atoms with Gasteiger partial charge in [0.1, 0.15) is 6.04 Å². The largest absolute Gasteiger partial charge is 0.468 e. The molecular formula is C17H15BrN2O2S. The highest BCUT2D eigenvalue weighted by atomic mass is 79.9. The zero-order valence-corrected chi connectivity index (χ0v) is 14.8. The Hall–Kier alpha value is -1.63. The van der Waals surface area contributed by atoms with Gasteiger partial charge in [0.15, 0.2) is 0 Å². The minimum absolute atomic E-state index is 0.0437. The number of ether oxygens (including phenoxy) is 1. The molecule has 0 aliphatic carbocycles. The van der Waals surface area contributed by atoms with Crippen molar-refractivity contribution in [2.75, 3.05) is 7.11 Å². The van der Waals surface area contributed by atoms with Crippen LogP contribution in [0.4, 0.5) is 0 Å². The molecule has 0 radical (unpaired) electrons. The minimum Gasteiger partial charge on any atom is -0.468 e. The number of carbonyl (C=O) groups excluding carboxylic acids is 1. The summed E-state index contributed by atoms with van der Waals surface area (Å²) >= 11 is 5.16. The fourth-order valence-electron chi connectivity index (χ4n) is 3.27. The molecular weight excluding hydrogens is 376 g/mol. The molecule has 23 heavy (non-hydrogen) atoms. The number of rotatable bonds is 2. The van der Waals surface area contributed by atoms with Crippen molar-refractivity contribution in [2.45, 2.75) is 18.5 Å². The Kier molecular flexibility index (Phi) is 3.75. The minimum atomic E-state index is -0.338. The van der Waals surface area contributed by atoms with Crippen LogP contribution in [0.1, 0.15) is 22.9 Å². The van der Waals surface area contributed by atoms with Gasteiger partial charge in [-0.05, 0) is 44.6 Å². The molecule has 2 aromatic heterocycles. The topological polar surface area (TPSA) is 54.1 Å². The van der Waals surface area contributed by atoms with Crippen molar-refractivity contribution in [1.29, 1.82) is 0 Å². The van der Waals surface area contributed by atoms with Gasteiger partial charge in [-0.2, -0.15) is 0 Å². The van der Waals surface area contributed by atoms with Gasteiger partial charge in [-0.15, -0.1) is 11.3 Å². The summed E-state index contributed by atoms with van der Waals surface area (Å²) in [6, 6.07) is 9.94. The Bertz CT molecular complexity index is 886. The van der Waals surface area contributed by atoms with Crippen molar-refractivity contribution >= 4 is 44.1 Å². The van der Waals surface area contributed by atoms with Crippen molar-refractivity contribution in [3.63, 3.8) is 0 Å². The van der Waals surface area contributed by atoms with Crippen LogP contribution in [-0.2, 0) is 16.0 Å². The van der Waals surface area contributed by atoms with Crippen LogP contribution in [0.25, 0.3) is 10.9 Å². The Morgan fingerprint density at radius 1 is 1.39 bits per heavy atom. The number of aromatic nitrogens is 1. The normalized spacial score (nSPS) is 20.4. The highest BCUT2D eigenvalue weighted by molar-refractivity contribution is 9.11. The van der Waals surface area contributed by atoms with Gasteiger partial charge in [0.05, 0.1) is 16.9 Å². The van der Waals surface area contributed by atoms with Crippen molar-refractivity contribution in [3.8, 4) is 0 Å². The van der Waals surface area contributed by atoms with E-state index in [4.69, 9.17) is 4.74 Å². The van der Waals surface area contributed by atoms with Crippen LogP contribution in [-0.4, -0.2) is 24.1 Å². The molecule has 3 aromatic rings. The number of nitrogens with one attached hydrogen (secondary N) is 2. The van der Waals surface area contributed by atoms with Crippen LogP contribution in [0.15, 0.2) is 39.5 Å². The highest BCUT2D eigenvalue weighted by Gasteiger charge is 2.34. The zero-order valence-electron chi connectivity index (χ0n) is 12.4. The number of aromatic amines is 1. The molecule has 3 heterocycles.